The molecule has 0 saturated heterocycles. The molecule has 136 valence electrons. The number of hydrogen-bond donors (Lipinski definition) is 1. The van der Waals surface area contributed by atoms with Gasteiger partial charge in [0.1, 0.15) is 6.61 Å². The minimum atomic E-state index is -0.392. The second kappa shape index (κ2) is 9.97. The van der Waals surface area contributed by atoms with Gasteiger partial charge in [-0.1, -0.05) is 97.1 Å². The van der Waals surface area contributed by atoms with E-state index in [9.17, 15) is 4.79 Å². The van der Waals surface area contributed by atoms with Crippen LogP contribution in [0.5, 0.6) is 0 Å². The van der Waals surface area contributed by atoms with Gasteiger partial charge in [0.15, 0.2) is 0 Å². The minimum absolute atomic E-state index is 0.285. The first-order chi connectivity index (χ1) is 13.3. The summed E-state index contributed by atoms with van der Waals surface area (Å²) in [6.45, 7) is 0.824. The Hall–Kier alpha value is -3.33. The summed E-state index contributed by atoms with van der Waals surface area (Å²) in [7, 11) is 0. The number of amides is 1. The number of benzene rings is 3. The molecule has 3 aromatic rings. The molecule has 0 bridgehead atoms. The van der Waals surface area contributed by atoms with Crippen LogP contribution in [-0.4, -0.2) is 12.6 Å². The molecule has 0 aliphatic rings. The Labute approximate surface area is 160 Å². The van der Waals surface area contributed by atoms with Gasteiger partial charge in [-0.05, 0) is 28.7 Å². The van der Waals surface area contributed by atoms with Crippen molar-refractivity contribution in [2.45, 2.75) is 13.0 Å². The third kappa shape index (κ3) is 5.86. The Morgan fingerprint density at radius 3 is 2.30 bits per heavy atom. The summed E-state index contributed by atoms with van der Waals surface area (Å²) in [6, 6.07) is 28.3. The highest BCUT2D eigenvalue weighted by molar-refractivity contribution is 5.75. The molecule has 0 unspecified atom stereocenters. The molecule has 0 aliphatic heterocycles. The van der Waals surface area contributed by atoms with Crippen LogP contribution in [0.4, 0.5) is 4.79 Å². The second-order valence-electron chi connectivity index (χ2n) is 6.13. The van der Waals surface area contributed by atoms with Crippen molar-refractivity contribution in [3.05, 3.63) is 102 Å². The maximum atomic E-state index is 11.7. The van der Waals surface area contributed by atoms with Crippen LogP contribution in [0.15, 0.2) is 91.0 Å². The molecular formula is C24H23NO2. The summed E-state index contributed by atoms with van der Waals surface area (Å²) in [5.74, 6) is 0. The second-order valence-corrected chi connectivity index (χ2v) is 6.13. The van der Waals surface area contributed by atoms with Gasteiger partial charge in [0.25, 0.3) is 0 Å². The Morgan fingerprint density at radius 1 is 0.852 bits per heavy atom. The molecule has 0 atom stereocenters. The van der Waals surface area contributed by atoms with Gasteiger partial charge in [0, 0.05) is 6.54 Å². The van der Waals surface area contributed by atoms with E-state index in [1.165, 1.54) is 11.1 Å². The van der Waals surface area contributed by atoms with Crippen LogP contribution < -0.4 is 5.32 Å². The third-order valence-electron chi connectivity index (χ3n) is 4.14. The molecule has 27 heavy (non-hydrogen) atoms. The average molecular weight is 357 g/mol. The predicted molar refractivity (Wildman–Crippen MR) is 110 cm³/mol. The fourth-order valence-electron chi connectivity index (χ4n) is 2.76. The van der Waals surface area contributed by atoms with Gasteiger partial charge < -0.3 is 10.1 Å². The standard InChI is InChI=1S/C24H23NO2/c26-24(27-19-20-11-3-1-4-12-20)25-18-10-9-16-22-15-7-8-17-23(22)21-13-5-2-6-14-21/h1-9,11-17H,10,18-19H2,(H,25,26). The maximum Gasteiger partial charge on any atom is 0.407 e. The number of ether oxygens (including phenoxy) is 1. The smallest absolute Gasteiger partial charge is 0.407 e. The molecule has 3 nitrogen and oxygen atoms in total. The van der Waals surface area contributed by atoms with Crippen molar-refractivity contribution >= 4 is 12.2 Å². The molecule has 0 radical (unpaired) electrons. The fraction of sp³-hybridized carbons (Fsp3) is 0.125. The minimum Gasteiger partial charge on any atom is -0.445 e. The van der Waals surface area contributed by atoms with Crippen molar-refractivity contribution < 1.29 is 9.53 Å². The van der Waals surface area contributed by atoms with Crippen molar-refractivity contribution in [3.63, 3.8) is 0 Å². The van der Waals surface area contributed by atoms with Gasteiger partial charge in [0.2, 0.25) is 0 Å². The van der Waals surface area contributed by atoms with E-state index in [-0.39, 0.29) is 6.61 Å². The highest BCUT2D eigenvalue weighted by atomic mass is 16.5. The lowest BCUT2D eigenvalue weighted by atomic mass is 9.99. The molecule has 0 aromatic heterocycles. The Morgan fingerprint density at radius 2 is 1.52 bits per heavy atom. The summed E-state index contributed by atoms with van der Waals surface area (Å²) in [6.07, 6.45) is 4.51. The van der Waals surface area contributed by atoms with Crippen molar-refractivity contribution in [2.75, 3.05) is 6.54 Å². The van der Waals surface area contributed by atoms with Crippen molar-refractivity contribution in [1.82, 2.24) is 5.32 Å². The lowest BCUT2D eigenvalue weighted by molar-refractivity contribution is 0.140. The topological polar surface area (TPSA) is 38.3 Å². The van der Waals surface area contributed by atoms with Gasteiger partial charge >= 0.3 is 6.09 Å². The monoisotopic (exact) mass is 357 g/mol. The number of hydrogen-bond acceptors (Lipinski definition) is 2. The van der Waals surface area contributed by atoms with Gasteiger partial charge in [-0.25, -0.2) is 4.79 Å². The lowest BCUT2D eigenvalue weighted by Gasteiger charge is -2.07. The zero-order valence-corrected chi connectivity index (χ0v) is 15.2. The first kappa shape index (κ1) is 18.5. The summed E-state index contributed by atoms with van der Waals surface area (Å²) >= 11 is 0. The summed E-state index contributed by atoms with van der Waals surface area (Å²) in [5.41, 5.74) is 4.53. The molecule has 3 heteroatoms. The molecule has 3 aromatic carbocycles. The Bertz CT molecular complexity index is 873. The third-order valence-corrected chi connectivity index (χ3v) is 4.14. The van der Waals surface area contributed by atoms with Gasteiger partial charge in [0.05, 0.1) is 0 Å². The van der Waals surface area contributed by atoms with Crippen molar-refractivity contribution in [2.24, 2.45) is 0 Å². The van der Waals surface area contributed by atoms with Gasteiger partial charge in [-0.15, -0.1) is 0 Å². The summed E-state index contributed by atoms with van der Waals surface area (Å²) in [4.78, 5) is 11.7. The molecular weight excluding hydrogens is 334 g/mol. The molecule has 0 aliphatic carbocycles. The van der Waals surface area contributed by atoms with E-state index < -0.39 is 6.09 Å². The summed E-state index contributed by atoms with van der Waals surface area (Å²) < 4.78 is 5.20. The van der Waals surface area contributed by atoms with E-state index in [4.69, 9.17) is 4.74 Å². The first-order valence-corrected chi connectivity index (χ1v) is 9.08. The molecule has 1 N–H and O–H groups in total. The van der Waals surface area contributed by atoms with E-state index in [1.54, 1.807) is 0 Å². The molecule has 1 amide bonds. The fourth-order valence-corrected chi connectivity index (χ4v) is 2.76. The van der Waals surface area contributed by atoms with Crippen LogP contribution in [0, 0.1) is 0 Å². The number of carbonyl (C=O) groups is 1. The van der Waals surface area contributed by atoms with Crippen molar-refractivity contribution in [1.29, 1.82) is 0 Å². The highest BCUT2D eigenvalue weighted by Crippen LogP contribution is 2.24. The largest absolute Gasteiger partial charge is 0.445 e. The van der Waals surface area contributed by atoms with E-state index in [2.05, 4.69) is 41.7 Å². The van der Waals surface area contributed by atoms with Crippen LogP contribution in [0.25, 0.3) is 17.2 Å². The van der Waals surface area contributed by atoms with Crippen molar-refractivity contribution in [3.8, 4) is 11.1 Å². The normalized spacial score (nSPS) is 10.7. The predicted octanol–water partition coefficient (Wildman–Crippen LogP) is 5.68. The Kier molecular flexibility index (Phi) is 6.82. The van der Waals surface area contributed by atoms with E-state index in [0.29, 0.717) is 6.54 Å². The quantitative estimate of drug-likeness (QED) is 0.552. The van der Waals surface area contributed by atoms with Gasteiger partial charge in [-0.3, -0.25) is 0 Å². The molecule has 0 spiro atoms. The zero-order valence-electron chi connectivity index (χ0n) is 15.2. The summed E-state index contributed by atoms with van der Waals surface area (Å²) in [5, 5.41) is 2.77. The SMILES string of the molecule is O=C(NCCC=Cc1ccccc1-c1ccccc1)OCc1ccccc1. The molecule has 0 saturated carbocycles. The number of carbonyl (C=O) groups excluding carboxylic acids is 1. The molecule has 3 rings (SSSR count). The number of nitrogens with one attached hydrogen (secondary N) is 1. The lowest BCUT2D eigenvalue weighted by Crippen LogP contribution is -2.24. The van der Waals surface area contributed by atoms with E-state index in [0.717, 1.165) is 17.5 Å². The first-order valence-electron chi connectivity index (χ1n) is 9.08. The van der Waals surface area contributed by atoms with Crippen LogP contribution in [0.2, 0.25) is 0 Å². The zero-order chi connectivity index (χ0) is 18.7. The number of rotatable bonds is 7. The van der Waals surface area contributed by atoms with Crippen LogP contribution >= 0.6 is 0 Å². The Balaban J connectivity index is 1.46. The van der Waals surface area contributed by atoms with E-state index >= 15 is 0 Å². The molecule has 0 heterocycles. The van der Waals surface area contributed by atoms with Crippen LogP contribution in [-0.2, 0) is 11.3 Å². The van der Waals surface area contributed by atoms with Crippen LogP contribution in [0.3, 0.4) is 0 Å². The molecule has 0 fully saturated rings. The average Bonchev–Trinajstić information content (AvgIpc) is 2.74. The van der Waals surface area contributed by atoms with Crippen LogP contribution in [0.1, 0.15) is 17.5 Å². The number of alkyl carbamates (subject to hydrolysis) is 1. The van der Waals surface area contributed by atoms with E-state index in [1.807, 2.05) is 60.7 Å². The highest BCUT2D eigenvalue weighted by Gasteiger charge is 2.02. The maximum absolute atomic E-state index is 11.7. The van der Waals surface area contributed by atoms with Gasteiger partial charge in [-0.2, -0.15) is 0 Å².